The molecule has 5 aromatic rings. The molecule has 0 amide bonds. The van der Waals surface area contributed by atoms with E-state index in [1.54, 1.807) is 0 Å². The first-order valence-electron chi connectivity index (χ1n) is 9.56. The van der Waals surface area contributed by atoms with E-state index in [2.05, 4.69) is 50.9 Å². The monoisotopic (exact) mass is 379 g/mol. The number of aliphatic imine (C=N–C) groups is 1. The van der Waals surface area contributed by atoms with E-state index in [1.165, 1.54) is 5.69 Å². The van der Waals surface area contributed by atoms with Crippen LogP contribution in [-0.4, -0.2) is 34.8 Å². The molecule has 2 heterocycles. The topological polar surface area (TPSA) is 46.3 Å². The summed E-state index contributed by atoms with van der Waals surface area (Å²) in [6.45, 7) is 0. The third-order valence-electron chi connectivity index (χ3n) is 5.24. The lowest BCUT2D eigenvalue weighted by Gasteiger charge is -2.11. The highest BCUT2D eigenvalue weighted by atomic mass is 15.1. The van der Waals surface area contributed by atoms with Gasteiger partial charge >= 0.3 is 0 Å². The second-order valence-corrected chi connectivity index (χ2v) is 7.39. The van der Waals surface area contributed by atoms with Crippen molar-refractivity contribution in [1.82, 2.24) is 14.5 Å². The zero-order valence-electron chi connectivity index (χ0n) is 16.7. The van der Waals surface area contributed by atoms with Gasteiger partial charge in [0.05, 0.1) is 22.2 Å². The van der Waals surface area contributed by atoms with Crippen LogP contribution in [0.25, 0.3) is 33.1 Å². The smallest absolute Gasteiger partial charge is 0.160 e. The van der Waals surface area contributed by atoms with Gasteiger partial charge in [0.15, 0.2) is 5.65 Å². The van der Waals surface area contributed by atoms with Gasteiger partial charge in [-0.2, -0.15) is 0 Å². The van der Waals surface area contributed by atoms with Gasteiger partial charge in [0.25, 0.3) is 0 Å². The fourth-order valence-electron chi connectivity index (χ4n) is 3.61. The van der Waals surface area contributed by atoms with E-state index in [1.807, 2.05) is 57.7 Å². The molecule has 5 nitrogen and oxygen atoms in total. The fraction of sp³-hybridized carbons (Fsp3) is 0.125. The van der Waals surface area contributed by atoms with Gasteiger partial charge in [0.1, 0.15) is 5.52 Å². The third kappa shape index (κ3) is 3.01. The van der Waals surface area contributed by atoms with E-state index >= 15 is 0 Å². The Kier molecular flexibility index (Phi) is 4.02. The summed E-state index contributed by atoms with van der Waals surface area (Å²) < 4.78 is 2.09. The lowest BCUT2D eigenvalue weighted by atomic mass is 10.2. The van der Waals surface area contributed by atoms with Gasteiger partial charge in [-0.05, 0) is 48.0 Å². The number of para-hydroxylation sites is 2. The normalized spacial score (nSPS) is 11.8. The molecule has 0 aliphatic rings. The zero-order valence-corrected chi connectivity index (χ0v) is 16.7. The first kappa shape index (κ1) is 17.4. The Labute approximate surface area is 169 Å². The number of hydrogen-bond acceptors (Lipinski definition) is 4. The van der Waals surface area contributed by atoms with E-state index < -0.39 is 0 Å². The molecule has 0 spiro atoms. The van der Waals surface area contributed by atoms with Crippen molar-refractivity contribution in [2.24, 2.45) is 12.0 Å². The van der Waals surface area contributed by atoms with Crippen LogP contribution in [0.5, 0.6) is 0 Å². The predicted molar refractivity (Wildman–Crippen MR) is 122 cm³/mol. The van der Waals surface area contributed by atoms with E-state index in [9.17, 15) is 0 Å². The van der Waals surface area contributed by atoms with Crippen LogP contribution in [0, 0.1) is 0 Å². The highest BCUT2D eigenvalue weighted by molar-refractivity contribution is 6.07. The van der Waals surface area contributed by atoms with Gasteiger partial charge < -0.3 is 9.47 Å². The van der Waals surface area contributed by atoms with Crippen LogP contribution in [0.3, 0.4) is 0 Å². The summed E-state index contributed by atoms with van der Waals surface area (Å²) in [7, 11) is 6.10. The van der Waals surface area contributed by atoms with Gasteiger partial charge in [-0.3, -0.25) is 4.99 Å². The van der Waals surface area contributed by atoms with Gasteiger partial charge in [0, 0.05) is 38.4 Å². The van der Waals surface area contributed by atoms with E-state index in [0.29, 0.717) is 0 Å². The van der Waals surface area contributed by atoms with Crippen molar-refractivity contribution in [2.45, 2.75) is 0 Å². The Hall–Kier alpha value is -3.73. The second kappa shape index (κ2) is 6.71. The predicted octanol–water partition coefficient (Wildman–Crippen LogP) is 5.09. The summed E-state index contributed by atoms with van der Waals surface area (Å²) in [4.78, 5) is 16.5. The standard InChI is InChI=1S/C24H21N5/c1-28(2)18-11-8-16(9-12-18)15-25-17-10-13-22-19(14-17)23-24(29(22)3)27-21-7-5-4-6-20(21)26-23/h4-15H,1-3H3. The van der Waals surface area contributed by atoms with Crippen molar-refractivity contribution < 1.29 is 0 Å². The van der Waals surface area contributed by atoms with Gasteiger partial charge in [-0.15, -0.1) is 0 Å². The van der Waals surface area contributed by atoms with Crippen molar-refractivity contribution in [3.63, 3.8) is 0 Å². The van der Waals surface area contributed by atoms with Crippen LogP contribution in [0.2, 0.25) is 0 Å². The maximum absolute atomic E-state index is 4.87. The van der Waals surface area contributed by atoms with E-state index in [-0.39, 0.29) is 0 Å². The number of benzene rings is 3. The number of fused-ring (bicyclic) bond motifs is 4. The number of rotatable bonds is 3. The molecule has 3 aromatic carbocycles. The van der Waals surface area contributed by atoms with Crippen LogP contribution >= 0.6 is 0 Å². The Morgan fingerprint density at radius 2 is 1.62 bits per heavy atom. The van der Waals surface area contributed by atoms with Gasteiger partial charge in [-0.1, -0.05) is 24.3 Å². The molecular formula is C24H21N5. The van der Waals surface area contributed by atoms with Gasteiger partial charge in [0.2, 0.25) is 0 Å². The van der Waals surface area contributed by atoms with Crippen LogP contribution in [0.1, 0.15) is 5.56 Å². The van der Waals surface area contributed by atoms with Crippen molar-refractivity contribution in [3.05, 3.63) is 72.3 Å². The van der Waals surface area contributed by atoms with Crippen molar-refractivity contribution in [1.29, 1.82) is 0 Å². The molecule has 0 aliphatic carbocycles. The highest BCUT2D eigenvalue weighted by Crippen LogP contribution is 2.30. The fourth-order valence-corrected chi connectivity index (χ4v) is 3.61. The van der Waals surface area contributed by atoms with Crippen LogP contribution in [-0.2, 0) is 7.05 Å². The molecule has 5 heteroatoms. The molecule has 0 N–H and O–H groups in total. The zero-order chi connectivity index (χ0) is 20.0. The van der Waals surface area contributed by atoms with Crippen molar-refractivity contribution >= 4 is 50.7 Å². The lowest BCUT2D eigenvalue weighted by molar-refractivity contribution is 0.992. The average molecular weight is 379 g/mol. The Morgan fingerprint density at radius 3 is 2.34 bits per heavy atom. The van der Waals surface area contributed by atoms with Crippen molar-refractivity contribution in [2.75, 3.05) is 19.0 Å². The molecule has 0 aliphatic heterocycles. The Bertz CT molecular complexity index is 1380. The Morgan fingerprint density at radius 1 is 0.897 bits per heavy atom. The number of aromatic nitrogens is 3. The summed E-state index contributed by atoms with van der Waals surface area (Å²) in [6.07, 6.45) is 1.90. The van der Waals surface area contributed by atoms with E-state index in [4.69, 9.17) is 9.97 Å². The molecule has 0 saturated carbocycles. The minimum Gasteiger partial charge on any atom is -0.378 e. The molecule has 0 fully saturated rings. The first-order chi connectivity index (χ1) is 14.1. The minimum absolute atomic E-state index is 0.888. The summed E-state index contributed by atoms with van der Waals surface area (Å²) >= 11 is 0. The van der Waals surface area contributed by atoms with Crippen LogP contribution in [0.15, 0.2) is 71.7 Å². The van der Waals surface area contributed by atoms with Crippen LogP contribution in [0.4, 0.5) is 11.4 Å². The lowest BCUT2D eigenvalue weighted by Crippen LogP contribution is -2.08. The molecule has 0 radical (unpaired) electrons. The highest BCUT2D eigenvalue weighted by Gasteiger charge is 2.12. The quantitative estimate of drug-likeness (QED) is 0.410. The first-order valence-corrected chi connectivity index (χ1v) is 9.56. The summed E-state index contributed by atoms with van der Waals surface area (Å²) in [5.41, 5.74) is 7.85. The molecule has 0 atom stereocenters. The molecule has 2 aromatic heterocycles. The molecule has 0 bridgehead atoms. The number of nitrogens with zero attached hydrogens (tertiary/aromatic N) is 5. The average Bonchev–Trinajstić information content (AvgIpc) is 3.02. The second-order valence-electron chi connectivity index (χ2n) is 7.39. The van der Waals surface area contributed by atoms with E-state index in [0.717, 1.165) is 44.4 Å². The summed E-state index contributed by atoms with van der Waals surface area (Å²) in [5, 5.41) is 1.07. The third-order valence-corrected chi connectivity index (χ3v) is 5.24. The molecule has 142 valence electrons. The van der Waals surface area contributed by atoms with Gasteiger partial charge in [-0.25, -0.2) is 9.97 Å². The molecule has 0 unspecified atom stereocenters. The largest absolute Gasteiger partial charge is 0.378 e. The summed E-state index contributed by atoms with van der Waals surface area (Å²) in [6, 6.07) is 22.5. The number of aryl methyl sites for hydroxylation is 1. The summed E-state index contributed by atoms with van der Waals surface area (Å²) in [5.74, 6) is 0. The minimum atomic E-state index is 0.888. The molecule has 0 saturated heterocycles. The van der Waals surface area contributed by atoms with Crippen molar-refractivity contribution in [3.8, 4) is 0 Å². The number of anilines is 1. The SMILES string of the molecule is CN(C)c1ccc(C=Nc2ccc3c(c2)c2nc4ccccc4nc2n3C)cc1. The maximum Gasteiger partial charge on any atom is 0.160 e. The Balaban J connectivity index is 1.58. The number of hydrogen-bond donors (Lipinski definition) is 0. The maximum atomic E-state index is 4.87. The van der Waals surface area contributed by atoms with Crippen LogP contribution < -0.4 is 4.90 Å². The molecule has 5 rings (SSSR count). The molecular weight excluding hydrogens is 358 g/mol. The molecule has 29 heavy (non-hydrogen) atoms.